The predicted molar refractivity (Wildman–Crippen MR) is 52.2 cm³/mol. The summed E-state index contributed by atoms with van der Waals surface area (Å²) in [5, 5.41) is 9.37. The highest BCUT2D eigenvalue weighted by Gasteiger charge is 2.01. The number of rotatable bonds is 3. The number of hydrogen-bond donors (Lipinski definition) is 2. The summed E-state index contributed by atoms with van der Waals surface area (Å²) in [4.78, 5) is 0. The average Bonchev–Trinajstić information content (AvgIpc) is 2.09. The minimum Gasteiger partial charge on any atom is -0.508 e. The molecule has 1 aromatic carbocycles. The van der Waals surface area contributed by atoms with Gasteiger partial charge in [0.2, 0.25) is 0 Å². The summed E-state index contributed by atoms with van der Waals surface area (Å²) in [7, 11) is 1.61. The van der Waals surface area contributed by atoms with Crippen molar-refractivity contribution in [3.05, 3.63) is 23.8 Å². The van der Waals surface area contributed by atoms with E-state index in [2.05, 4.69) is 12.6 Å². The van der Waals surface area contributed by atoms with Crippen LogP contribution < -0.4 is 4.74 Å². The molecule has 1 N–H and O–H groups in total. The summed E-state index contributed by atoms with van der Waals surface area (Å²) in [5.74, 6) is 1.80. The molecule has 66 valence electrons. The van der Waals surface area contributed by atoms with Crippen LogP contribution in [0.15, 0.2) is 18.2 Å². The maximum atomic E-state index is 9.37. The quantitative estimate of drug-likeness (QED) is 0.702. The molecule has 0 fully saturated rings. The van der Waals surface area contributed by atoms with Crippen LogP contribution in [0.2, 0.25) is 0 Å². The molecule has 0 radical (unpaired) electrons. The van der Waals surface area contributed by atoms with E-state index in [4.69, 9.17) is 4.74 Å². The van der Waals surface area contributed by atoms with Gasteiger partial charge in [0.05, 0.1) is 7.11 Å². The van der Waals surface area contributed by atoms with Gasteiger partial charge in [-0.05, 0) is 35.9 Å². The maximum Gasteiger partial charge on any atom is 0.119 e. The van der Waals surface area contributed by atoms with E-state index in [0.29, 0.717) is 5.75 Å². The topological polar surface area (TPSA) is 29.5 Å². The number of benzene rings is 1. The second-order valence-corrected chi connectivity index (χ2v) is 2.92. The fourth-order valence-corrected chi connectivity index (χ4v) is 1.25. The third kappa shape index (κ3) is 2.08. The molecule has 0 spiro atoms. The van der Waals surface area contributed by atoms with Crippen molar-refractivity contribution in [2.24, 2.45) is 0 Å². The average molecular weight is 184 g/mol. The highest BCUT2D eigenvalue weighted by molar-refractivity contribution is 7.80. The van der Waals surface area contributed by atoms with Crippen molar-refractivity contribution in [3.8, 4) is 11.5 Å². The lowest BCUT2D eigenvalue weighted by atomic mass is 10.1. The molecular formula is C9H12O2S. The fraction of sp³-hybridized carbons (Fsp3) is 0.333. The van der Waals surface area contributed by atoms with Crippen molar-refractivity contribution in [1.29, 1.82) is 0 Å². The zero-order valence-electron chi connectivity index (χ0n) is 6.95. The molecule has 0 heterocycles. The molecule has 2 nitrogen and oxygen atoms in total. The standard InChI is InChI=1S/C9H12O2S/c1-11-8-2-3-9(10)7(6-8)4-5-12/h2-3,6,10,12H,4-5H2,1H3. The van der Waals surface area contributed by atoms with Crippen molar-refractivity contribution in [2.75, 3.05) is 12.9 Å². The molecule has 0 aliphatic carbocycles. The minimum absolute atomic E-state index is 0.310. The Kier molecular flexibility index (Phi) is 3.29. The Morgan fingerprint density at radius 3 is 2.83 bits per heavy atom. The van der Waals surface area contributed by atoms with Crippen LogP contribution in [0, 0.1) is 0 Å². The first-order chi connectivity index (χ1) is 5.77. The van der Waals surface area contributed by atoms with Crippen LogP contribution in [-0.4, -0.2) is 18.0 Å². The molecule has 1 rings (SSSR count). The molecule has 0 unspecified atom stereocenters. The number of phenolic OH excluding ortho intramolecular Hbond substituents is 1. The molecule has 0 atom stereocenters. The SMILES string of the molecule is COc1ccc(O)c(CCS)c1. The van der Waals surface area contributed by atoms with Crippen molar-refractivity contribution in [2.45, 2.75) is 6.42 Å². The van der Waals surface area contributed by atoms with Gasteiger partial charge in [-0.1, -0.05) is 0 Å². The van der Waals surface area contributed by atoms with E-state index in [9.17, 15) is 5.11 Å². The smallest absolute Gasteiger partial charge is 0.119 e. The number of thiol groups is 1. The molecule has 0 amide bonds. The summed E-state index contributed by atoms with van der Waals surface area (Å²) < 4.78 is 5.02. The first-order valence-corrected chi connectivity index (χ1v) is 4.38. The van der Waals surface area contributed by atoms with Gasteiger partial charge in [-0.25, -0.2) is 0 Å². The number of hydrogen-bond acceptors (Lipinski definition) is 3. The Labute approximate surface area is 77.6 Å². The van der Waals surface area contributed by atoms with E-state index in [1.54, 1.807) is 19.2 Å². The normalized spacial score (nSPS) is 9.83. The fourth-order valence-electron chi connectivity index (χ4n) is 1.01. The number of aromatic hydroxyl groups is 1. The molecule has 0 saturated heterocycles. The summed E-state index contributed by atoms with van der Waals surface area (Å²) >= 11 is 4.09. The molecule has 0 bridgehead atoms. The van der Waals surface area contributed by atoms with Crippen LogP contribution in [0.25, 0.3) is 0 Å². The summed E-state index contributed by atoms with van der Waals surface area (Å²) in [6.07, 6.45) is 0.756. The molecule has 0 aromatic heterocycles. The van der Waals surface area contributed by atoms with Crippen LogP contribution in [0.5, 0.6) is 11.5 Å². The van der Waals surface area contributed by atoms with Gasteiger partial charge in [0.15, 0.2) is 0 Å². The second-order valence-electron chi connectivity index (χ2n) is 2.47. The zero-order chi connectivity index (χ0) is 8.97. The number of ether oxygens (including phenoxy) is 1. The van der Waals surface area contributed by atoms with E-state index in [0.717, 1.165) is 23.5 Å². The van der Waals surface area contributed by atoms with E-state index < -0.39 is 0 Å². The number of phenols is 1. The Bertz CT molecular complexity index is 261. The van der Waals surface area contributed by atoms with Crippen LogP contribution in [0.1, 0.15) is 5.56 Å². The van der Waals surface area contributed by atoms with Crippen LogP contribution in [0.4, 0.5) is 0 Å². The Hall–Kier alpha value is -0.830. The first kappa shape index (κ1) is 9.26. The molecule has 0 aliphatic rings. The van der Waals surface area contributed by atoms with Crippen LogP contribution in [-0.2, 0) is 6.42 Å². The lowest BCUT2D eigenvalue weighted by Crippen LogP contribution is -1.89. The van der Waals surface area contributed by atoms with Crippen LogP contribution in [0.3, 0.4) is 0 Å². The van der Waals surface area contributed by atoms with Gasteiger partial charge >= 0.3 is 0 Å². The number of aryl methyl sites for hydroxylation is 1. The Morgan fingerprint density at radius 1 is 1.50 bits per heavy atom. The Morgan fingerprint density at radius 2 is 2.25 bits per heavy atom. The third-order valence-electron chi connectivity index (χ3n) is 1.67. The molecule has 0 aliphatic heterocycles. The third-order valence-corrected chi connectivity index (χ3v) is 1.89. The van der Waals surface area contributed by atoms with Crippen molar-refractivity contribution in [3.63, 3.8) is 0 Å². The zero-order valence-corrected chi connectivity index (χ0v) is 7.84. The largest absolute Gasteiger partial charge is 0.508 e. The molecule has 1 aromatic rings. The lowest BCUT2D eigenvalue weighted by molar-refractivity contribution is 0.411. The number of methoxy groups -OCH3 is 1. The second kappa shape index (κ2) is 4.26. The summed E-state index contributed by atoms with van der Waals surface area (Å²) in [6, 6.07) is 5.19. The van der Waals surface area contributed by atoms with Crippen molar-refractivity contribution >= 4 is 12.6 Å². The van der Waals surface area contributed by atoms with Crippen LogP contribution >= 0.6 is 12.6 Å². The van der Waals surface area contributed by atoms with Gasteiger partial charge in [-0.2, -0.15) is 12.6 Å². The Balaban J connectivity index is 2.91. The van der Waals surface area contributed by atoms with Gasteiger partial charge in [0, 0.05) is 0 Å². The van der Waals surface area contributed by atoms with Gasteiger partial charge < -0.3 is 9.84 Å². The molecule has 12 heavy (non-hydrogen) atoms. The van der Waals surface area contributed by atoms with E-state index in [1.165, 1.54) is 0 Å². The van der Waals surface area contributed by atoms with Crippen molar-refractivity contribution < 1.29 is 9.84 Å². The molecule has 3 heteroatoms. The lowest BCUT2D eigenvalue weighted by Gasteiger charge is -2.05. The van der Waals surface area contributed by atoms with Crippen molar-refractivity contribution in [1.82, 2.24) is 0 Å². The highest BCUT2D eigenvalue weighted by Crippen LogP contribution is 2.23. The summed E-state index contributed by atoms with van der Waals surface area (Å²) in [5.41, 5.74) is 0.879. The van der Waals surface area contributed by atoms with E-state index >= 15 is 0 Å². The van der Waals surface area contributed by atoms with Gasteiger partial charge in [0.1, 0.15) is 11.5 Å². The highest BCUT2D eigenvalue weighted by atomic mass is 32.1. The predicted octanol–water partition coefficient (Wildman–Crippen LogP) is 1.87. The molecular weight excluding hydrogens is 172 g/mol. The monoisotopic (exact) mass is 184 g/mol. The molecule has 0 saturated carbocycles. The van der Waals surface area contributed by atoms with E-state index in [-0.39, 0.29) is 0 Å². The van der Waals surface area contributed by atoms with Gasteiger partial charge in [-0.15, -0.1) is 0 Å². The van der Waals surface area contributed by atoms with Gasteiger partial charge in [0.25, 0.3) is 0 Å². The first-order valence-electron chi connectivity index (χ1n) is 3.74. The maximum absolute atomic E-state index is 9.37. The minimum atomic E-state index is 0.310. The van der Waals surface area contributed by atoms with Gasteiger partial charge in [-0.3, -0.25) is 0 Å². The summed E-state index contributed by atoms with van der Waals surface area (Å²) in [6.45, 7) is 0. The van der Waals surface area contributed by atoms with E-state index in [1.807, 2.05) is 6.07 Å².